The highest BCUT2D eigenvalue weighted by atomic mass is 32.2. The third-order valence-corrected chi connectivity index (χ3v) is 4.12. The van der Waals surface area contributed by atoms with Gasteiger partial charge < -0.3 is 15.3 Å². The predicted octanol–water partition coefficient (Wildman–Crippen LogP) is 2.02. The lowest BCUT2D eigenvalue weighted by Gasteiger charge is -2.21. The molecule has 2 atom stereocenters. The smallest absolute Gasteiger partial charge is 0.326 e. The molecule has 0 aromatic rings. The Morgan fingerprint density at radius 1 is 1.53 bits per heavy atom. The van der Waals surface area contributed by atoms with Gasteiger partial charge in [-0.3, -0.25) is 0 Å². The number of nitrogens with one attached hydrogen (secondary N) is 1. The number of urea groups is 1. The van der Waals surface area contributed by atoms with Gasteiger partial charge in [-0.2, -0.15) is 11.8 Å². The minimum atomic E-state index is -0.952. The first-order valence-electron chi connectivity index (χ1n) is 6.85. The molecule has 0 bridgehead atoms. The first kappa shape index (κ1) is 16.1. The molecule has 2 unspecified atom stereocenters. The Labute approximate surface area is 119 Å². The fourth-order valence-electron chi connectivity index (χ4n) is 2.39. The second-order valence-electron chi connectivity index (χ2n) is 5.01. The number of carboxylic acids is 1. The molecule has 6 heteroatoms. The summed E-state index contributed by atoms with van der Waals surface area (Å²) < 4.78 is 0. The number of carboxylic acid groups (broad SMARTS) is 1. The van der Waals surface area contributed by atoms with Crippen LogP contribution in [0.15, 0.2) is 0 Å². The monoisotopic (exact) mass is 288 g/mol. The van der Waals surface area contributed by atoms with Crippen LogP contribution in [0.1, 0.15) is 32.6 Å². The van der Waals surface area contributed by atoms with Crippen LogP contribution < -0.4 is 5.32 Å². The summed E-state index contributed by atoms with van der Waals surface area (Å²) in [6, 6.07) is -1.00. The minimum Gasteiger partial charge on any atom is -0.480 e. The zero-order chi connectivity index (χ0) is 14.3. The van der Waals surface area contributed by atoms with Gasteiger partial charge >= 0.3 is 12.0 Å². The summed E-state index contributed by atoms with van der Waals surface area (Å²) in [5.41, 5.74) is 0. The molecule has 1 heterocycles. The quantitative estimate of drug-likeness (QED) is 0.752. The van der Waals surface area contributed by atoms with E-state index in [1.165, 1.54) is 0 Å². The maximum atomic E-state index is 12.0. The molecule has 0 aromatic heterocycles. The maximum Gasteiger partial charge on any atom is 0.326 e. The van der Waals surface area contributed by atoms with Gasteiger partial charge in [-0.25, -0.2) is 9.59 Å². The van der Waals surface area contributed by atoms with Crippen LogP contribution in [-0.2, 0) is 4.79 Å². The number of hydrogen-bond acceptors (Lipinski definition) is 3. The van der Waals surface area contributed by atoms with Crippen molar-refractivity contribution in [2.45, 2.75) is 38.6 Å². The molecule has 19 heavy (non-hydrogen) atoms. The third kappa shape index (κ3) is 5.30. The van der Waals surface area contributed by atoms with Crippen LogP contribution in [-0.4, -0.2) is 53.1 Å². The van der Waals surface area contributed by atoms with E-state index in [1.54, 1.807) is 16.7 Å². The molecule has 0 aromatic carbocycles. The van der Waals surface area contributed by atoms with Crippen molar-refractivity contribution in [1.29, 1.82) is 0 Å². The molecule has 1 aliphatic rings. The number of carbonyl (C=O) groups is 2. The molecular formula is C13H24N2O3S. The van der Waals surface area contributed by atoms with Gasteiger partial charge in [0.2, 0.25) is 0 Å². The van der Waals surface area contributed by atoms with Gasteiger partial charge in [0.25, 0.3) is 0 Å². The Balaban J connectivity index is 2.42. The van der Waals surface area contributed by atoms with Crippen molar-refractivity contribution in [3.05, 3.63) is 0 Å². The first-order valence-corrected chi connectivity index (χ1v) is 8.25. The molecule has 2 N–H and O–H groups in total. The minimum absolute atomic E-state index is 0.230. The van der Waals surface area contributed by atoms with Gasteiger partial charge in [-0.05, 0) is 37.2 Å². The Morgan fingerprint density at radius 3 is 2.84 bits per heavy atom. The standard InChI is InChI=1S/C13H24N2O3S/c1-3-4-10-5-7-15(9-10)13(18)14-11(12(16)17)6-8-19-2/h10-11H,3-9H2,1-2H3,(H,14,18)(H,16,17). The number of amides is 2. The summed E-state index contributed by atoms with van der Waals surface area (Å²) in [6.45, 7) is 3.64. The van der Waals surface area contributed by atoms with Crippen LogP contribution in [0.3, 0.4) is 0 Å². The molecule has 2 amide bonds. The largest absolute Gasteiger partial charge is 0.480 e. The van der Waals surface area contributed by atoms with Crippen molar-refractivity contribution >= 4 is 23.8 Å². The summed E-state index contributed by atoms with van der Waals surface area (Å²) in [4.78, 5) is 24.8. The Kier molecular flexibility index (Phi) is 7.05. The highest BCUT2D eigenvalue weighted by molar-refractivity contribution is 7.98. The van der Waals surface area contributed by atoms with E-state index in [0.717, 1.165) is 38.1 Å². The number of nitrogens with zero attached hydrogens (tertiary/aromatic N) is 1. The average molecular weight is 288 g/mol. The summed E-state index contributed by atoms with van der Waals surface area (Å²) >= 11 is 1.59. The van der Waals surface area contributed by atoms with E-state index in [9.17, 15) is 9.59 Å². The molecule has 1 saturated heterocycles. The molecule has 0 radical (unpaired) electrons. The molecule has 5 nitrogen and oxygen atoms in total. The van der Waals surface area contributed by atoms with E-state index in [4.69, 9.17) is 5.11 Å². The van der Waals surface area contributed by atoms with Crippen LogP contribution in [0.25, 0.3) is 0 Å². The second-order valence-corrected chi connectivity index (χ2v) is 6.00. The van der Waals surface area contributed by atoms with Crippen molar-refractivity contribution < 1.29 is 14.7 Å². The lowest BCUT2D eigenvalue weighted by molar-refractivity contribution is -0.139. The van der Waals surface area contributed by atoms with Gasteiger partial charge in [-0.1, -0.05) is 13.3 Å². The fraction of sp³-hybridized carbons (Fsp3) is 0.846. The second kappa shape index (κ2) is 8.30. The number of hydrogen-bond donors (Lipinski definition) is 2. The number of thioether (sulfide) groups is 1. The van der Waals surface area contributed by atoms with Crippen LogP contribution in [0.4, 0.5) is 4.79 Å². The van der Waals surface area contributed by atoms with Crippen LogP contribution in [0.5, 0.6) is 0 Å². The van der Waals surface area contributed by atoms with E-state index < -0.39 is 12.0 Å². The number of aliphatic carboxylic acids is 1. The molecule has 0 saturated carbocycles. The lowest BCUT2D eigenvalue weighted by Crippen LogP contribution is -2.47. The first-order chi connectivity index (χ1) is 9.08. The molecule has 110 valence electrons. The van der Waals surface area contributed by atoms with Crippen LogP contribution in [0, 0.1) is 5.92 Å². The van der Waals surface area contributed by atoms with Crippen molar-refractivity contribution in [1.82, 2.24) is 10.2 Å². The highest BCUT2D eigenvalue weighted by Crippen LogP contribution is 2.20. The maximum absolute atomic E-state index is 12.0. The van der Waals surface area contributed by atoms with Gasteiger partial charge in [0.15, 0.2) is 0 Å². The summed E-state index contributed by atoms with van der Waals surface area (Å²) in [5.74, 6) is 0.354. The van der Waals surface area contributed by atoms with Gasteiger partial charge in [0.1, 0.15) is 6.04 Å². The summed E-state index contributed by atoms with van der Waals surface area (Å²) in [6.07, 6.45) is 5.69. The molecule has 1 aliphatic heterocycles. The average Bonchev–Trinajstić information content (AvgIpc) is 2.83. The molecule has 1 fully saturated rings. The van der Waals surface area contributed by atoms with Gasteiger partial charge in [0.05, 0.1) is 0 Å². The van der Waals surface area contributed by atoms with Gasteiger partial charge in [-0.15, -0.1) is 0 Å². The zero-order valence-corrected chi connectivity index (χ0v) is 12.5. The third-order valence-electron chi connectivity index (χ3n) is 3.48. The molecule has 0 spiro atoms. The van der Waals surface area contributed by atoms with Crippen molar-refractivity contribution in [3.8, 4) is 0 Å². The number of rotatable bonds is 7. The Hall–Kier alpha value is -0.910. The topological polar surface area (TPSA) is 69.6 Å². The normalized spacial score (nSPS) is 20.3. The molecule has 1 rings (SSSR count). The van der Waals surface area contributed by atoms with Crippen molar-refractivity contribution in [2.75, 3.05) is 25.1 Å². The van der Waals surface area contributed by atoms with Gasteiger partial charge in [0, 0.05) is 13.1 Å². The van der Waals surface area contributed by atoms with E-state index in [2.05, 4.69) is 12.2 Å². The summed E-state index contributed by atoms with van der Waals surface area (Å²) in [7, 11) is 0. The van der Waals surface area contributed by atoms with E-state index in [-0.39, 0.29) is 6.03 Å². The highest BCUT2D eigenvalue weighted by Gasteiger charge is 2.28. The van der Waals surface area contributed by atoms with Crippen LogP contribution in [0.2, 0.25) is 0 Å². The molecular weight excluding hydrogens is 264 g/mol. The molecule has 0 aliphatic carbocycles. The SMILES string of the molecule is CCCC1CCN(C(=O)NC(CCSC)C(=O)O)C1. The van der Waals surface area contributed by atoms with E-state index in [0.29, 0.717) is 12.3 Å². The Morgan fingerprint density at radius 2 is 2.26 bits per heavy atom. The predicted molar refractivity (Wildman–Crippen MR) is 77.5 cm³/mol. The fourth-order valence-corrected chi connectivity index (χ4v) is 2.87. The number of carbonyl (C=O) groups excluding carboxylic acids is 1. The van der Waals surface area contributed by atoms with Crippen LogP contribution >= 0.6 is 11.8 Å². The van der Waals surface area contributed by atoms with E-state index >= 15 is 0 Å². The lowest BCUT2D eigenvalue weighted by atomic mass is 10.0. The summed E-state index contributed by atoms with van der Waals surface area (Å²) in [5, 5.41) is 11.7. The van der Waals surface area contributed by atoms with Crippen molar-refractivity contribution in [2.24, 2.45) is 5.92 Å². The zero-order valence-electron chi connectivity index (χ0n) is 11.7. The number of likely N-dealkylation sites (tertiary alicyclic amines) is 1. The van der Waals surface area contributed by atoms with Crippen molar-refractivity contribution in [3.63, 3.8) is 0 Å². The Bertz CT molecular complexity index is 312. The van der Waals surface area contributed by atoms with E-state index in [1.807, 2.05) is 6.26 Å².